The van der Waals surface area contributed by atoms with Gasteiger partial charge in [0, 0.05) is 5.92 Å². The first-order valence-corrected chi connectivity index (χ1v) is 8.08. The van der Waals surface area contributed by atoms with Crippen LogP contribution in [0.1, 0.15) is 39.4 Å². The summed E-state index contributed by atoms with van der Waals surface area (Å²) in [5.41, 5.74) is 2.29. The van der Waals surface area contributed by atoms with Gasteiger partial charge in [0.25, 0.3) is 0 Å². The Bertz CT molecular complexity index is 637. The molecule has 0 spiro atoms. The maximum atomic E-state index is 6.50. The smallest absolute Gasteiger partial charge is 0.139 e. The molecule has 3 aromatic rings. The average Bonchev–Trinajstić information content (AvgIpc) is 3.05. The second kappa shape index (κ2) is 6.37. The summed E-state index contributed by atoms with van der Waals surface area (Å²) in [7, 11) is 0. The largest absolute Gasteiger partial charge is 0.143 e. The molecular formula is C17H15ClN2S. The summed E-state index contributed by atoms with van der Waals surface area (Å²) in [6.45, 7) is 2.14. The van der Waals surface area contributed by atoms with E-state index in [0.29, 0.717) is 0 Å². The van der Waals surface area contributed by atoms with Gasteiger partial charge in [0.2, 0.25) is 0 Å². The van der Waals surface area contributed by atoms with Gasteiger partial charge in [-0.1, -0.05) is 78.9 Å². The molecule has 2 nitrogen and oxygen atoms in total. The summed E-state index contributed by atoms with van der Waals surface area (Å²) in [6.07, 6.45) is 0. The number of alkyl halides is 1. The predicted molar refractivity (Wildman–Crippen MR) is 88.0 cm³/mol. The lowest BCUT2D eigenvalue weighted by Gasteiger charge is -2.07. The molecule has 0 radical (unpaired) electrons. The van der Waals surface area contributed by atoms with Crippen LogP contribution in [0.2, 0.25) is 0 Å². The van der Waals surface area contributed by atoms with Crippen LogP contribution in [0.5, 0.6) is 0 Å². The zero-order valence-electron chi connectivity index (χ0n) is 11.6. The SMILES string of the molecule is CC(c1ccccc1)c1nnc(C(Cl)c2ccccc2)s1. The highest BCUT2D eigenvalue weighted by Crippen LogP contribution is 2.34. The van der Waals surface area contributed by atoms with E-state index in [4.69, 9.17) is 11.6 Å². The van der Waals surface area contributed by atoms with E-state index in [1.807, 2.05) is 48.5 Å². The number of nitrogens with zero attached hydrogens (tertiary/aromatic N) is 2. The first kappa shape index (κ1) is 14.2. The molecule has 0 saturated carbocycles. The molecule has 2 atom stereocenters. The molecule has 0 bridgehead atoms. The molecule has 0 fully saturated rings. The van der Waals surface area contributed by atoms with Crippen molar-refractivity contribution in [3.05, 3.63) is 81.8 Å². The Labute approximate surface area is 133 Å². The number of halogens is 1. The molecule has 21 heavy (non-hydrogen) atoms. The van der Waals surface area contributed by atoms with Crippen LogP contribution >= 0.6 is 22.9 Å². The van der Waals surface area contributed by atoms with Crippen LogP contribution in [-0.4, -0.2) is 10.2 Å². The highest BCUT2D eigenvalue weighted by molar-refractivity contribution is 7.11. The molecule has 1 aromatic heterocycles. The van der Waals surface area contributed by atoms with Crippen LogP contribution in [0.15, 0.2) is 60.7 Å². The predicted octanol–water partition coefficient (Wildman–Crippen LogP) is 5.02. The minimum atomic E-state index is -0.236. The van der Waals surface area contributed by atoms with Gasteiger partial charge in [-0.25, -0.2) is 0 Å². The molecule has 0 N–H and O–H groups in total. The molecular weight excluding hydrogens is 300 g/mol. The van der Waals surface area contributed by atoms with Gasteiger partial charge < -0.3 is 0 Å². The lowest BCUT2D eigenvalue weighted by Crippen LogP contribution is -1.94. The standard InChI is InChI=1S/C17H15ClN2S/c1-12(13-8-4-2-5-9-13)16-19-20-17(21-16)15(18)14-10-6-3-7-11-14/h2-12,15H,1H3. The fourth-order valence-electron chi connectivity index (χ4n) is 2.17. The van der Waals surface area contributed by atoms with Crippen LogP contribution in [-0.2, 0) is 0 Å². The summed E-state index contributed by atoms with van der Waals surface area (Å²) < 4.78 is 0. The van der Waals surface area contributed by atoms with Crippen molar-refractivity contribution in [1.29, 1.82) is 0 Å². The minimum Gasteiger partial charge on any atom is -0.143 e. The van der Waals surface area contributed by atoms with E-state index in [0.717, 1.165) is 15.6 Å². The van der Waals surface area contributed by atoms with Crippen molar-refractivity contribution in [2.75, 3.05) is 0 Å². The Balaban J connectivity index is 1.84. The summed E-state index contributed by atoms with van der Waals surface area (Å²) in [5.74, 6) is 0.233. The van der Waals surface area contributed by atoms with E-state index in [9.17, 15) is 0 Å². The van der Waals surface area contributed by atoms with Crippen LogP contribution in [0.25, 0.3) is 0 Å². The average molecular weight is 315 g/mol. The fourth-order valence-corrected chi connectivity index (χ4v) is 3.43. The maximum Gasteiger partial charge on any atom is 0.139 e. The van der Waals surface area contributed by atoms with Crippen molar-refractivity contribution in [2.45, 2.75) is 18.2 Å². The summed E-state index contributed by atoms with van der Waals surface area (Å²) >= 11 is 8.09. The van der Waals surface area contributed by atoms with Crippen molar-refractivity contribution in [3.63, 3.8) is 0 Å². The molecule has 0 aliphatic carbocycles. The van der Waals surface area contributed by atoms with Crippen LogP contribution in [0.4, 0.5) is 0 Å². The Morgan fingerprint density at radius 2 is 1.33 bits per heavy atom. The van der Waals surface area contributed by atoms with Crippen molar-refractivity contribution in [1.82, 2.24) is 10.2 Å². The third-order valence-corrected chi connectivity index (χ3v) is 5.19. The van der Waals surface area contributed by atoms with Crippen molar-refractivity contribution in [3.8, 4) is 0 Å². The van der Waals surface area contributed by atoms with Gasteiger partial charge in [-0.15, -0.1) is 21.8 Å². The molecule has 0 amide bonds. The number of aromatic nitrogens is 2. The highest BCUT2D eigenvalue weighted by Gasteiger charge is 2.19. The molecule has 3 rings (SSSR count). The van der Waals surface area contributed by atoms with Crippen LogP contribution in [0, 0.1) is 0 Å². The van der Waals surface area contributed by atoms with Gasteiger partial charge in [0.1, 0.15) is 15.4 Å². The van der Waals surface area contributed by atoms with Gasteiger partial charge in [-0.3, -0.25) is 0 Å². The van der Waals surface area contributed by atoms with Crippen LogP contribution in [0.3, 0.4) is 0 Å². The fraction of sp³-hybridized carbons (Fsp3) is 0.176. The lowest BCUT2D eigenvalue weighted by molar-refractivity contribution is 0.856. The number of rotatable bonds is 4. The summed E-state index contributed by atoms with van der Waals surface area (Å²) in [5, 5.41) is 10.2. The topological polar surface area (TPSA) is 25.8 Å². The van der Waals surface area contributed by atoms with E-state index in [2.05, 4.69) is 29.3 Å². The zero-order valence-corrected chi connectivity index (χ0v) is 13.2. The summed E-state index contributed by atoms with van der Waals surface area (Å²) in [4.78, 5) is 0. The Morgan fingerprint density at radius 3 is 1.95 bits per heavy atom. The number of hydrogen-bond acceptors (Lipinski definition) is 3. The van der Waals surface area contributed by atoms with E-state index in [1.165, 1.54) is 5.56 Å². The normalized spacial score (nSPS) is 13.8. The molecule has 106 valence electrons. The van der Waals surface area contributed by atoms with E-state index >= 15 is 0 Å². The molecule has 2 unspecified atom stereocenters. The van der Waals surface area contributed by atoms with Gasteiger partial charge >= 0.3 is 0 Å². The van der Waals surface area contributed by atoms with Gasteiger partial charge in [-0.2, -0.15) is 0 Å². The number of benzene rings is 2. The first-order valence-electron chi connectivity index (χ1n) is 6.83. The third-order valence-electron chi connectivity index (χ3n) is 3.44. The Morgan fingerprint density at radius 1 is 0.810 bits per heavy atom. The Hall–Kier alpha value is -1.71. The lowest BCUT2D eigenvalue weighted by atomic mass is 10.0. The third kappa shape index (κ3) is 3.14. The number of hydrogen-bond donors (Lipinski definition) is 0. The molecule has 4 heteroatoms. The second-order valence-electron chi connectivity index (χ2n) is 4.88. The highest BCUT2D eigenvalue weighted by atomic mass is 35.5. The van der Waals surface area contributed by atoms with Gasteiger partial charge in [-0.05, 0) is 11.1 Å². The molecule has 1 heterocycles. The van der Waals surface area contributed by atoms with E-state index in [1.54, 1.807) is 11.3 Å². The van der Waals surface area contributed by atoms with Gasteiger partial charge in [0.15, 0.2) is 0 Å². The van der Waals surface area contributed by atoms with E-state index < -0.39 is 0 Å². The van der Waals surface area contributed by atoms with Crippen molar-refractivity contribution >= 4 is 22.9 Å². The molecule has 0 aliphatic rings. The monoisotopic (exact) mass is 314 g/mol. The summed E-state index contributed by atoms with van der Waals surface area (Å²) in [6, 6.07) is 20.3. The van der Waals surface area contributed by atoms with Crippen molar-refractivity contribution < 1.29 is 0 Å². The maximum absolute atomic E-state index is 6.50. The first-order chi connectivity index (χ1) is 10.3. The van der Waals surface area contributed by atoms with Gasteiger partial charge in [0.05, 0.1) is 0 Å². The molecule has 0 saturated heterocycles. The Kier molecular flexibility index (Phi) is 4.32. The molecule has 2 aromatic carbocycles. The minimum absolute atomic E-state index is 0.233. The quantitative estimate of drug-likeness (QED) is 0.632. The zero-order chi connectivity index (χ0) is 14.7. The molecule has 0 aliphatic heterocycles. The second-order valence-corrected chi connectivity index (χ2v) is 6.36. The van der Waals surface area contributed by atoms with E-state index in [-0.39, 0.29) is 11.3 Å². The van der Waals surface area contributed by atoms with Crippen molar-refractivity contribution in [2.24, 2.45) is 0 Å². The van der Waals surface area contributed by atoms with Crippen LogP contribution < -0.4 is 0 Å².